The lowest BCUT2D eigenvalue weighted by atomic mass is 9.99. The molecule has 0 radical (unpaired) electrons. The van der Waals surface area contributed by atoms with E-state index >= 15 is 0 Å². The van der Waals surface area contributed by atoms with Crippen molar-refractivity contribution in [2.45, 2.75) is 19.5 Å². The molecule has 1 aliphatic heterocycles. The molecule has 1 saturated heterocycles. The molecular formula is C27H30N2O3. The van der Waals surface area contributed by atoms with Crippen molar-refractivity contribution in [3.8, 4) is 22.6 Å². The number of para-hydroxylation sites is 1. The molecule has 0 saturated carbocycles. The Morgan fingerprint density at radius 2 is 1.72 bits per heavy atom. The van der Waals surface area contributed by atoms with Gasteiger partial charge in [-0.3, -0.25) is 9.69 Å². The van der Waals surface area contributed by atoms with E-state index in [-0.39, 0.29) is 11.9 Å². The molecule has 1 aliphatic rings. The predicted octanol–water partition coefficient (Wildman–Crippen LogP) is 4.78. The van der Waals surface area contributed by atoms with Crippen LogP contribution in [-0.2, 0) is 11.3 Å². The summed E-state index contributed by atoms with van der Waals surface area (Å²) in [5, 5.41) is 0. The maximum atomic E-state index is 12.1. The van der Waals surface area contributed by atoms with Crippen molar-refractivity contribution in [3.05, 3.63) is 83.9 Å². The molecule has 1 fully saturated rings. The molecule has 1 atom stereocenters. The van der Waals surface area contributed by atoms with E-state index in [2.05, 4.69) is 47.4 Å². The minimum atomic E-state index is 0.126. The van der Waals surface area contributed by atoms with Crippen LogP contribution in [0.2, 0.25) is 0 Å². The average molecular weight is 431 g/mol. The fourth-order valence-electron chi connectivity index (χ4n) is 4.39. The monoisotopic (exact) mass is 430 g/mol. The second-order valence-corrected chi connectivity index (χ2v) is 8.13. The van der Waals surface area contributed by atoms with Gasteiger partial charge >= 0.3 is 0 Å². The molecule has 1 unspecified atom stereocenters. The van der Waals surface area contributed by atoms with Gasteiger partial charge in [0.15, 0.2) is 0 Å². The van der Waals surface area contributed by atoms with Crippen LogP contribution in [0.4, 0.5) is 0 Å². The standard InChI is InChI=1S/C27H30N2O3/c1-20(30)28-15-16-29(26(19-28)22-11-13-24(31-2)14-12-22)18-21-7-6-8-23(17-21)25-9-4-5-10-27(25)32-3/h4-14,17,26H,15-16,18-19H2,1-3H3. The molecule has 5 nitrogen and oxygen atoms in total. The van der Waals surface area contributed by atoms with Gasteiger partial charge in [0.2, 0.25) is 5.91 Å². The lowest BCUT2D eigenvalue weighted by Crippen LogP contribution is -2.49. The highest BCUT2D eigenvalue weighted by molar-refractivity contribution is 5.73. The van der Waals surface area contributed by atoms with Gasteiger partial charge in [-0.25, -0.2) is 0 Å². The zero-order valence-corrected chi connectivity index (χ0v) is 19.0. The van der Waals surface area contributed by atoms with E-state index in [0.29, 0.717) is 6.54 Å². The van der Waals surface area contributed by atoms with Crippen LogP contribution in [0.25, 0.3) is 11.1 Å². The number of methoxy groups -OCH3 is 2. The predicted molar refractivity (Wildman–Crippen MR) is 127 cm³/mol. The number of carbonyl (C=O) groups is 1. The Hall–Kier alpha value is -3.31. The van der Waals surface area contributed by atoms with Crippen LogP contribution in [0.5, 0.6) is 11.5 Å². The van der Waals surface area contributed by atoms with Gasteiger partial charge < -0.3 is 14.4 Å². The van der Waals surface area contributed by atoms with Gasteiger partial charge in [0, 0.05) is 38.7 Å². The number of nitrogens with zero attached hydrogens (tertiary/aromatic N) is 2. The van der Waals surface area contributed by atoms with Gasteiger partial charge in [0.1, 0.15) is 11.5 Å². The van der Waals surface area contributed by atoms with Crippen LogP contribution in [0, 0.1) is 0 Å². The summed E-state index contributed by atoms with van der Waals surface area (Å²) in [7, 11) is 3.38. The molecule has 166 valence electrons. The topological polar surface area (TPSA) is 42.0 Å². The first-order valence-electron chi connectivity index (χ1n) is 10.9. The minimum absolute atomic E-state index is 0.126. The van der Waals surface area contributed by atoms with E-state index in [1.807, 2.05) is 35.2 Å². The zero-order valence-electron chi connectivity index (χ0n) is 19.0. The van der Waals surface area contributed by atoms with Gasteiger partial charge in [-0.2, -0.15) is 0 Å². The molecule has 0 N–H and O–H groups in total. The molecule has 32 heavy (non-hydrogen) atoms. The lowest BCUT2D eigenvalue weighted by molar-refractivity contribution is -0.132. The summed E-state index contributed by atoms with van der Waals surface area (Å²) < 4.78 is 10.9. The second-order valence-electron chi connectivity index (χ2n) is 8.13. The summed E-state index contributed by atoms with van der Waals surface area (Å²) in [6, 6.07) is 25.0. The Bertz CT molecular complexity index is 1060. The smallest absolute Gasteiger partial charge is 0.219 e. The first-order valence-corrected chi connectivity index (χ1v) is 10.9. The van der Waals surface area contributed by atoms with Crippen molar-refractivity contribution in [1.29, 1.82) is 0 Å². The first kappa shape index (κ1) is 21.9. The summed E-state index contributed by atoms with van der Waals surface area (Å²) in [5.41, 5.74) is 4.66. The Morgan fingerprint density at radius 1 is 0.938 bits per heavy atom. The quantitative estimate of drug-likeness (QED) is 0.565. The minimum Gasteiger partial charge on any atom is -0.497 e. The van der Waals surface area contributed by atoms with E-state index in [4.69, 9.17) is 9.47 Å². The van der Waals surface area contributed by atoms with Gasteiger partial charge in [0.25, 0.3) is 0 Å². The number of amides is 1. The number of ether oxygens (including phenoxy) is 2. The molecule has 4 rings (SSSR count). The van der Waals surface area contributed by atoms with E-state index < -0.39 is 0 Å². The summed E-state index contributed by atoms with van der Waals surface area (Å²) in [6.07, 6.45) is 0. The van der Waals surface area contributed by atoms with Crippen LogP contribution in [0.15, 0.2) is 72.8 Å². The molecule has 1 amide bonds. The number of carbonyl (C=O) groups excluding carboxylic acids is 1. The highest BCUT2D eigenvalue weighted by Gasteiger charge is 2.29. The molecule has 0 aromatic heterocycles. The number of rotatable bonds is 6. The van der Waals surface area contributed by atoms with Gasteiger partial charge in [-0.05, 0) is 41.0 Å². The maximum Gasteiger partial charge on any atom is 0.219 e. The van der Waals surface area contributed by atoms with E-state index in [0.717, 1.165) is 42.3 Å². The highest BCUT2D eigenvalue weighted by Crippen LogP contribution is 2.32. The third-order valence-electron chi connectivity index (χ3n) is 6.17. The van der Waals surface area contributed by atoms with Crippen LogP contribution >= 0.6 is 0 Å². The third kappa shape index (κ3) is 4.78. The second kappa shape index (κ2) is 9.88. The molecule has 0 spiro atoms. The van der Waals surface area contributed by atoms with Crippen molar-refractivity contribution in [2.24, 2.45) is 0 Å². The summed E-state index contributed by atoms with van der Waals surface area (Å²) in [4.78, 5) is 16.5. The molecule has 3 aromatic carbocycles. The Labute approximate surface area is 190 Å². The van der Waals surface area contributed by atoms with Crippen LogP contribution in [0.3, 0.4) is 0 Å². The van der Waals surface area contributed by atoms with Crippen molar-refractivity contribution < 1.29 is 14.3 Å². The SMILES string of the molecule is COc1ccc(C2CN(C(C)=O)CCN2Cc2cccc(-c3ccccc3OC)c2)cc1. The van der Waals surface area contributed by atoms with Crippen LogP contribution in [-0.4, -0.2) is 49.6 Å². The van der Waals surface area contributed by atoms with Crippen molar-refractivity contribution >= 4 is 5.91 Å². The van der Waals surface area contributed by atoms with E-state index in [1.165, 1.54) is 11.1 Å². The van der Waals surface area contributed by atoms with Gasteiger partial charge in [-0.1, -0.05) is 48.5 Å². The number of benzene rings is 3. The molecule has 1 heterocycles. The normalized spacial score (nSPS) is 16.6. The fraction of sp³-hybridized carbons (Fsp3) is 0.296. The van der Waals surface area contributed by atoms with Crippen LogP contribution < -0.4 is 9.47 Å². The Balaban J connectivity index is 1.60. The Morgan fingerprint density at radius 3 is 2.44 bits per heavy atom. The Kier molecular flexibility index (Phi) is 6.76. The van der Waals surface area contributed by atoms with Crippen LogP contribution in [0.1, 0.15) is 24.1 Å². The summed E-state index contributed by atoms with van der Waals surface area (Å²) in [5.74, 6) is 1.83. The van der Waals surface area contributed by atoms with E-state index in [9.17, 15) is 4.79 Å². The van der Waals surface area contributed by atoms with Crippen molar-refractivity contribution in [3.63, 3.8) is 0 Å². The molecule has 5 heteroatoms. The van der Waals surface area contributed by atoms with Crippen molar-refractivity contribution in [1.82, 2.24) is 9.80 Å². The lowest BCUT2D eigenvalue weighted by Gasteiger charge is -2.41. The highest BCUT2D eigenvalue weighted by atomic mass is 16.5. The van der Waals surface area contributed by atoms with Gasteiger partial charge in [0.05, 0.1) is 20.3 Å². The first-order chi connectivity index (χ1) is 15.6. The average Bonchev–Trinajstić information content (AvgIpc) is 2.84. The third-order valence-corrected chi connectivity index (χ3v) is 6.17. The summed E-state index contributed by atoms with van der Waals surface area (Å²) in [6.45, 7) is 4.72. The van der Waals surface area contributed by atoms with Crippen molar-refractivity contribution in [2.75, 3.05) is 33.9 Å². The van der Waals surface area contributed by atoms with Gasteiger partial charge in [-0.15, -0.1) is 0 Å². The molecule has 0 bridgehead atoms. The molecule has 3 aromatic rings. The largest absolute Gasteiger partial charge is 0.497 e. The molecular weight excluding hydrogens is 400 g/mol. The zero-order chi connectivity index (χ0) is 22.5. The maximum absolute atomic E-state index is 12.1. The van der Waals surface area contributed by atoms with E-state index in [1.54, 1.807) is 21.1 Å². The number of hydrogen-bond donors (Lipinski definition) is 0. The fourth-order valence-corrected chi connectivity index (χ4v) is 4.39. The number of hydrogen-bond acceptors (Lipinski definition) is 4. The molecule has 0 aliphatic carbocycles. The summed E-state index contributed by atoms with van der Waals surface area (Å²) >= 11 is 0. The number of piperazine rings is 1.